The van der Waals surface area contributed by atoms with Crippen molar-refractivity contribution in [2.75, 3.05) is 0 Å². The molecule has 0 aliphatic rings. The third-order valence-electron chi connectivity index (χ3n) is 2.69. The minimum Gasteiger partial charge on any atom is -0.481 e. The summed E-state index contributed by atoms with van der Waals surface area (Å²) in [6.07, 6.45) is 0.702. The topological polar surface area (TPSA) is 80.3 Å². The van der Waals surface area contributed by atoms with E-state index in [0.29, 0.717) is 10.8 Å². The molecule has 1 unspecified atom stereocenters. The molecular weight excluding hydrogens is 306 g/mol. The number of nitrogens with zero attached hydrogens (tertiary/aromatic N) is 1. The van der Waals surface area contributed by atoms with Gasteiger partial charge in [-0.25, -0.2) is 0 Å². The van der Waals surface area contributed by atoms with Gasteiger partial charge in [0.25, 0.3) is 11.8 Å². The fourth-order valence-electron chi connectivity index (χ4n) is 1.55. The molecule has 1 heterocycles. The van der Waals surface area contributed by atoms with Crippen molar-refractivity contribution >= 4 is 23.4 Å². The van der Waals surface area contributed by atoms with Gasteiger partial charge in [0.1, 0.15) is 11.4 Å². The van der Waals surface area contributed by atoms with Crippen LogP contribution in [0.25, 0.3) is 0 Å². The average molecular weight is 320 g/mol. The Morgan fingerprint density at radius 1 is 1.14 bits per heavy atom. The van der Waals surface area contributed by atoms with E-state index < -0.39 is 17.9 Å². The summed E-state index contributed by atoms with van der Waals surface area (Å²) in [5, 5.41) is 0.576. The van der Waals surface area contributed by atoms with Crippen molar-refractivity contribution in [2.24, 2.45) is 0 Å². The second-order valence-corrected chi connectivity index (χ2v) is 4.81. The van der Waals surface area contributed by atoms with E-state index in [1.165, 1.54) is 12.3 Å². The first-order chi connectivity index (χ1) is 10.6. The largest absolute Gasteiger partial charge is 0.481 e. The molecule has 0 aliphatic carbocycles. The van der Waals surface area contributed by atoms with Gasteiger partial charge in [-0.05, 0) is 43.3 Å². The molecule has 6 nitrogen and oxygen atoms in total. The molecule has 0 fully saturated rings. The summed E-state index contributed by atoms with van der Waals surface area (Å²) in [5.41, 5.74) is 4.76. The van der Waals surface area contributed by atoms with Crippen LogP contribution in [-0.2, 0) is 4.79 Å². The Morgan fingerprint density at radius 3 is 2.50 bits per heavy atom. The molecule has 2 rings (SSSR count). The van der Waals surface area contributed by atoms with E-state index >= 15 is 0 Å². The Morgan fingerprint density at radius 2 is 1.86 bits per heavy atom. The number of pyridine rings is 1. The van der Waals surface area contributed by atoms with Gasteiger partial charge >= 0.3 is 0 Å². The van der Waals surface area contributed by atoms with Gasteiger partial charge in [-0.1, -0.05) is 17.7 Å². The van der Waals surface area contributed by atoms with Crippen molar-refractivity contribution in [3.05, 3.63) is 59.4 Å². The number of nitrogens with one attached hydrogen (secondary N) is 2. The highest BCUT2D eigenvalue weighted by Gasteiger charge is 2.16. The van der Waals surface area contributed by atoms with Crippen molar-refractivity contribution < 1.29 is 14.3 Å². The van der Waals surface area contributed by atoms with Crippen LogP contribution in [0, 0.1) is 0 Å². The van der Waals surface area contributed by atoms with E-state index in [-0.39, 0.29) is 5.69 Å². The molecule has 114 valence electrons. The zero-order chi connectivity index (χ0) is 15.9. The molecule has 0 bridgehead atoms. The minimum absolute atomic E-state index is 0.203. The summed E-state index contributed by atoms with van der Waals surface area (Å²) in [6, 6.07) is 11.5. The predicted molar refractivity (Wildman–Crippen MR) is 81.4 cm³/mol. The smallest absolute Gasteiger partial charge is 0.288 e. The van der Waals surface area contributed by atoms with Crippen LogP contribution in [0.4, 0.5) is 0 Å². The normalized spacial score (nSPS) is 11.4. The summed E-state index contributed by atoms with van der Waals surface area (Å²) < 4.78 is 5.43. The maximum Gasteiger partial charge on any atom is 0.288 e. The maximum absolute atomic E-state index is 11.9. The Bertz CT molecular complexity index is 647. The quantitative estimate of drug-likeness (QED) is 0.844. The number of benzene rings is 1. The highest BCUT2D eigenvalue weighted by atomic mass is 35.5. The lowest BCUT2D eigenvalue weighted by molar-refractivity contribution is -0.128. The van der Waals surface area contributed by atoms with Gasteiger partial charge in [0, 0.05) is 11.2 Å². The number of carbonyl (C=O) groups is 2. The van der Waals surface area contributed by atoms with E-state index in [1.807, 2.05) is 0 Å². The fraction of sp³-hybridized carbons (Fsp3) is 0.133. The Hall–Kier alpha value is -2.60. The molecule has 0 saturated heterocycles. The lowest BCUT2D eigenvalue weighted by atomic mass is 10.3. The fourth-order valence-corrected chi connectivity index (χ4v) is 1.68. The zero-order valence-corrected chi connectivity index (χ0v) is 12.5. The van der Waals surface area contributed by atoms with Crippen LogP contribution >= 0.6 is 11.6 Å². The van der Waals surface area contributed by atoms with E-state index in [2.05, 4.69) is 15.8 Å². The second-order valence-electron chi connectivity index (χ2n) is 4.37. The van der Waals surface area contributed by atoms with Crippen LogP contribution in [0.1, 0.15) is 17.4 Å². The number of carbonyl (C=O) groups excluding carboxylic acids is 2. The maximum atomic E-state index is 11.9. The van der Waals surface area contributed by atoms with Crippen LogP contribution in [0.5, 0.6) is 5.75 Å². The van der Waals surface area contributed by atoms with Gasteiger partial charge in [0.15, 0.2) is 6.10 Å². The van der Waals surface area contributed by atoms with Gasteiger partial charge in [-0.15, -0.1) is 0 Å². The molecule has 0 aliphatic heterocycles. The van der Waals surface area contributed by atoms with Crippen LogP contribution in [0.3, 0.4) is 0 Å². The third-order valence-corrected chi connectivity index (χ3v) is 2.94. The van der Waals surface area contributed by atoms with Crippen LogP contribution in [0.15, 0.2) is 48.7 Å². The van der Waals surface area contributed by atoms with Crippen molar-refractivity contribution in [3.63, 3.8) is 0 Å². The molecule has 1 aromatic heterocycles. The SMILES string of the molecule is CC(Oc1ccc(Cl)cc1)C(=O)NNC(=O)c1ccccn1. The number of ether oxygens (including phenoxy) is 1. The molecule has 0 saturated carbocycles. The summed E-state index contributed by atoms with van der Waals surface area (Å²) in [5.74, 6) is -0.491. The number of hydrogen-bond donors (Lipinski definition) is 2. The molecule has 0 radical (unpaired) electrons. The predicted octanol–water partition coefficient (Wildman–Crippen LogP) is 1.96. The number of aromatic nitrogens is 1. The van der Waals surface area contributed by atoms with E-state index in [9.17, 15) is 9.59 Å². The lowest BCUT2D eigenvalue weighted by Crippen LogP contribution is -2.47. The summed E-state index contributed by atoms with van der Waals surface area (Å²) >= 11 is 5.77. The molecule has 1 atom stereocenters. The van der Waals surface area contributed by atoms with Crippen LogP contribution < -0.4 is 15.6 Å². The van der Waals surface area contributed by atoms with Gasteiger partial charge in [-0.3, -0.25) is 25.4 Å². The average Bonchev–Trinajstić information content (AvgIpc) is 2.55. The van der Waals surface area contributed by atoms with Crippen molar-refractivity contribution in [2.45, 2.75) is 13.0 Å². The first-order valence-corrected chi connectivity index (χ1v) is 6.87. The number of halogens is 1. The molecular formula is C15H14ClN3O3. The molecule has 22 heavy (non-hydrogen) atoms. The molecule has 7 heteroatoms. The van der Waals surface area contributed by atoms with Crippen molar-refractivity contribution in [1.82, 2.24) is 15.8 Å². The Balaban J connectivity index is 1.84. The number of hydrogen-bond acceptors (Lipinski definition) is 4. The van der Waals surface area contributed by atoms with Gasteiger partial charge in [0.05, 0.1) is 0 Å². The van der Waals surface area contributed by atoms with Gasteiger partial charge in [0.2, 0.25) is 0 Å². The molecule has 0 spiro atoms. The van der Waals surface area contributed by atoms with E-state index in [1.54, 1.807) is 43.3 Å². The monoisotopic (exact) mass is 319 g/mol. The first-order valence-electron chi connectivity index (χ1n) is 6.49. The minimum atomic E-state index is -0.787. The number of hydrazine groups is 1. The number of rotatable bonds is 4. The standard InChI is InChI=1S/C15H14ClN3O3/c1-10(22-12-7-5-11(16)6-8-12)14(20)18-19-15(21)13-4-2-3-9-17-13/h2-10H,1H3,(H,18,20)(H,19,21). The first kappa shape index (κ1) is 15.8. The van der Waals surface area contributed by atoms with Crippen LogP contribution in [-0.4, -0.2) is 22.9 Å². The second kappa shape index (κ2) is 7.42. The Kier molecular flexibility index (Phi) is 5.32. The molecule has 2 aromatic rings. The number of amides is 2. The molecule has 2 N–H and O–H groups in total. The van der Waals surface area contributed by atoms with E-state index in [4.69, 9.17) is 16.3 Å². The Labute approximate surface area is 132 Å². The van der Waals surface area contributed by atoms with E-state index in [0.717, 1.165) is 0 Å². The summed E-state index contributed by atoms with van der Waals surface area (Å²) in [4.78, 5) is 27.4. The highest BCUT2D eigenvalue weighted by Crippen LogP contribution is 2.16. The molecule has 1 aromatic carbocycles. The summed E-state index contributed by atoms with van der Waals surface area (Å²) in [6.45, 7) is 1.57. The van der Waals surface area contributed by atoms with Crippen molar-refractivity contribution in [1.29, 1.82) is 0 Å². The summed E-state index contributed by atoms with van der Waals surface area (Å²) in [7, 11) is 0. The van der Waals surface area contributed by atoms with Gasteiger partial charge in [-0.2, -0.15) is 0 Å². The third kappa shape index (κ3) is 4.46. The highest BCUT2D eigenvalue weighted by molar-refractivity contribution is 6.30. The molecule has 2 amide bonds. The van der Waals surface area contributed by atoms with Crippen LogP contribution in [0.2, 0.25) is 5.02 Å². The van der Waals surface area contributed by atoms with Gasteiger partial charge < -0.3 is 4.74 Å². The van der Waals surface area contributed by atoms with Crippen molar-refractivity contribution in [3.8, 4) is 5.75 Å². The lowest BCUT2D eigenvalue weighted by Gasteiger charge is -2.15. The zero-order valence-electron chi connectivity index (χ0n) is 11.7.